The number of carbonyl (C=O) groups is 3. The topological polar surface area (TPSA) is 78.9 Å². The van der Waals surface area contributed by atoms with Gasteiger partial charge in [0.05, 0.1) is 0 Å². The van der Waals surface area contributed by atoms with Crippen LogP contribution >= 0.6 is 0 Å². The second kappa shape index (κ2) is 55.7. The van der Waals surface area contributed by atoms with Crippen molar-refractivity contribution in [1.82, 2.24) is 0 Å². The van der Waals surface area contributed by atoms with Gasteiger partial charge in [-0.25, -0.2) is 0 Å². The van der Waals surface area contributed by atoms with Gasteiger partial charge in [0.1, 0.15) is 13.2 Å². The lowest BCUT2D eigenvalue weighted by molar-refractivity contribution is -0.167. The van der Waals surface area contributed by atoms with Gasteiger partial charge in [-0.15, -0.1) is 0 Å². The van der Waals surface area contributed by atoms with Gasteiger partial charge in [-0.2, -0.15) is 0 Å². The zero-order chi connectivity index (χ0) is 47.9. The standard InChI is InChI=1S/C60H114O6/c1-4-7-10-13-16-19-20-21-22-23-24-25-26-27-28-29-30-31-32-33-34-35-36-37-38-39-40-42-44-47-50-53-59(62)65-56-57(55-64-58(61)52-49-46-43-18-15-12-9-6-3)66-60(63)54-51-48-45-41-17-14-11-8-5-2/h23-24,57H,4-22,25-56H2,1-3H3/b24-23-. The maximum absolute atomic E-state index is 12.7. The number of esters is 3. The molecule has 1 unspecified atom stereocenters. The molecule has 66 heavy (non-hydrogen) atoms. The highest BCUT2D eigenvalue weighted by Crippen LogP contribution is 2.17. The van der Waals surface area contributed by atoms with Crippen LogP contribution in [-0.2, 0) is 28.6 Å². The maximum atomic E-state index is 12.7. The molecule has 390 valence electrons. The first kappa shape index (κ1) is 64.2. The first-order chi connectivity index (χ1) is 32.5. The van der Waals surface area contributed by atoms with Crippen LogP contribution in [0.25, 0.3) is 0 Å². The number of ether oxygens (including phenoxy) is 3. The third kappa shape index (κ3) is 53.1. The normalized spacial score (nSPS) is 12.0. The maximum Gasteiger partial charge on any atom is 0.306 e. The van der Waals surface area contributed by atoms with Gasteiger partial charge < -0.3 is 14.2 Å². The van der Waals surface area contributed by atoms with Gasteiger partial charge >= 0.3 is 17.9 Å². The highest BCUT2D eigenvalue weighted by atomic mass is 16.6. The Labute approximate surface area is 411 Å². The van der Waals surface area contributed by atoms with Crippen molar-refractivity contribution >= 4 is 17.9 Å². The van der Waals surface area contributed by atoms with E-state index in [4.69, 9.17) is 14.2 Å². The smallest absolute Gasteiger partial charge is 0.306 e. The van der Waals surface area contributed by atoms with Gasteiger partial charge in [-0.1, -0.05) is 283 Å². The van der Waals surface area contributed by atoms with E-state index in [9.17, 15) is 14.4 Å². The predicted octanol–water partition coefficient (Wildman–Crippen LogP) is 19.7. The number of rotatable bonds is 55. The Bertz CT molecular complexity index is 1020. The highest BCUT2D eigenvalue weighted by Gasteiger charge is 2.19. The fraction of sp³-hybridized carbons (Fsp3) is 0.917. The second-order valence-corrected chi connectivity index (χ2v) is 20.3. The van der Waals surface area contributed by atoms with Crippen LogP contribution in [0.15, 0.2) is 12.2 Å². The summed E-state index contributed by atoms with van der Waals surface area (Å²) < 4.78 is 16.7. The van der Waals surface area contributed by atoms with Crippen LogP contribution < -0.4 is 0 Å². The van der Waals surface area contributed by atoms with E-state index in [-0.39, 0.29) is 31.1 Å². The number of hydrogen-bond acceptors (Lipinski definition) is 6. The summed E-state index contributed by atoms with van der Waals surface area (Å²) in [5.41, 5.74) is 0. The van der Waals surface area contributed by atoms with Crippen molar-refractivity contribution in [2.45, 2.75) is 341 Å². The van der Waals surface area contributed by atoms with E-state index in [1.807, 2.05) is 0 Å². The molecular formula is C60H114O6. The lowest BCUT2D eigenvalue weighted by atomic mass is 10.0. The molecule has 0 aliphatic rings. The zero-order valence-corrected chi connectivity index (χ0v) is 44.7. The minimum absolute atomic E-state index is 0.0641. The molecule has 0 aromatic rings. The second-order valence-electron chi connectivity index (χ2n) is 20.3. The molecule has 0 bridgehead atoms. The SMILES string of the molecule is CCCCCCCCCC/C=C\CCCCCCCCCCCCCCCCCCCCCC(=O)OCC(COC(=O)CCCCCCCCCC)OC(=O)CCCCCCCCCCC. The van der Waals surface area contributed by atoms with Crippen molar-refractivity contribution < 1.29 is 28.6 Å². The molecule has 0 spiro atoms. The summed E-state index contributed by atoms with van der Waals surface area (Å²) in [7, 11) is 0. The van der Waals surface area contributed by atoms with Crippen LogP contribution in [0.2, 0.25) is 0 Å². The summed E-state index contributed by atoms with van der Waals surface area (Å²) in [6.07, 6.45) is 64.0. The summed E-state index contributed by atoms with van der Waals surface area (Å²) in [6.45, 7) is 6.63. The van der Waals surface area contributed by atoms with E-state index in [0.717, 1.165) is 57.8 Å². The molecule has 0 aromatic heterocycles. The van der Waals surface area contributed by atoms with Crippen molar-refractivity contribution in [3.8, 4) is 0 Å². The molecule has 0 saturated carbocycles. The van der Waals surface area contributed by atoms with E-state index in [1.165, 1.54) is 238 Å². The lowest BCUT2D eigenvalue weighted by Gasteiger charge is -2.18. The minimum atomic E-state index is -0.760. The van der Waals surface area contributed by atoms with Crippen molar-refractivity contribution in [3.63, 3.8) is 0 Å². The van der Waals surface area contributed by atoms with E-state index in [0.29, 0.717) is 19.3 Å². The molecule has 0 aromatic carbocycles. The van der Waals surface area contributed by atoms with E-state index in [1.54, 1.807) is 0 Å². The molecule has 1 atom stereocenters. The quantitative estimate of drug-likeness (QED) is 0.0262. The molecule has 0 rings (SSSR count). The first-order valence-corrected chi connectivity index (χ1v) is 29.7. The molecule has 6 heteroatoms. The monoisotopic (exact) mass is 931 g/mol. The van der Waals surface area contributed by atoms with Crippen LogP contribution in [0.5, 0.6) is 0 Å². The van der Waals surface area contributed by atoms with E-state index >= 15 is 0 Å². The number of carbonyl (C=O) groups excluding carboxylic acids is 3. The molecule has 0 fully saturated rings. The molecule has 0 amide bonds. The lowest BCUT2D eigenvalue weighted by Crippen LogP contribution is -2.30. The molecule has 6 nitrogen and oxygen atoms in total. The van der Waals surface area contributed by atoms with E-state index < -0.39 is 6.10 Å². The van der Waals surface area contributed by atoms with Crippen LogP contribution in [0.1, 0.15) is 335 Å². The Morgan fingerprint density at radius 3 is 0.758 bits per heavy atom. The highest BCUT2D eigenvalue weighted by molar-refractivity contribution is 5.71. The Balaban J connectivity index is 3.89. The van der Waals surface area contributed by atoms with Crippen molar-refractivity contribution in [1.29, 1.82) is 0 Å². The van der Waals surface area contributed by atoms with Crippen LogP contribution in [0.3, 0.4) is 0 Å². The average Bonchev–Trinajstić information content (AvgIpc) is 3.31. The van der Waals surface area contributed by atoms with Crippen LogP contribution in [-0.4, -0.2) is 37.2 Å². The van der Waals surface area contributed by atoms with E-state index in [2.05, 4.69) is 32.9 Å². The Kier molecular flexibility index (Phi) is 54.2. The summed E-state index contributed by atoms with van der Waals surface area (Å²) >= 11 is 0. The van der Waals surface area contributed by atoms with Gasteiger partial charge in [0, 0.05) is 19.3 Å². The Hall–Kier alpha value is -1.85. The van der Waals surface area contributed by atoms with Crippen molar-refractivity contribution in [2.75, 3.05) is 13.2 Å². The summed E-state index contributed by atoms with van der Waals surface area (Å²) in [5, 5.41) is 0. The summed E-state index contributed by atoms with van der Waals surface area (Å²) in [4.78, 5) is 37.8. The van der Waals surface area contributed by atoms with Gasteiger partial charge in [-0.3, -0.25) is 14.4 Å². The van der Waals surface area contributed by atoms with Gasteiger partial charge in [0.2, 0.25) is 0 Å². The zero-order valence-electron chi connectivity index (χ0n) is 44.7. The largest absolute Gasteiger partial charge is 0.462 e. The molecule has 0 saturated heterocycles. The van der Waals surface area contributed by atoms with Gasteiger partial charge in [-0.05, 0) is 44.9 Å². The minimum Gasteiger partial charge on any atom is -0.462 e. The molecule has 0 aliphatic heterocycles. The molecule has 0 N–H and O–H groups in total. The fourth-order valence-electron chi connectivity index (χ4n) is 9.03. The summed E-state index contributed by atoms with van der Waals surface area (Å²) in [6, 6.07) is 0. The average molecular weight is 932 g/mol. The summed E-state index contributed by atoms with van der Waals surface area (Å²) in [5.74, 6) is -0.853. The molecule has 0 heterocycles. The van der Waals surface area contributed by atoms with Crippen LogP contribution in [0.4, 0.5) is 0 Å². The molecule has 0 radical (unpaired) electrons. The first-order valence-electron chi connectivity index (χ1n) is 29.7. The third-order valence-corrected chi connectivity index (χ3v) is 13.5. The third-order valence-electron chi connectivity index (χ3n) is 13.5. The number of allylic oxidation sites excluding steroid dienone is 2. The van der Waals surface area contributed by atoms with Gasteiger partial charge in [0.15, 0.2) is 6.10 Å². The van der Waals surface area contributed by atoms with Crippen molar-refractivity contribution in [2.24, 2.45) is 0 Å². The Morgan fingerprint density at radius 2 is 0.500 bits per heavy atom. The number of unbranched alkanes of at least 4 members (excludes halogenated alkanes) is 42. The molecule has 0 aliphatic carbocycles. The fourth-order valence-corrected chi connectivity index (χ4v) is 9.03. The number of hydrogen-bond donors (Lipinski definition) is 0. The predicted molar refractivity (Wildman–Crippen MR) is 284 cm³/mol. The van der Waals surface area contributed by atoms with Gasteiger partial charge in [0.25, 0.3) is 0 Å². The Morgan fingerprint density at radius 1 is 0.288 bits per heavy atom. The van der Waals surface area contributed by atoms with Crippen LogP contribution in [0, 0.1) is 0 Å². The van der Waals surface area contributed by atoms with Crippen molar-refractivity contribution in [3.05, 3.63) is 12.2 Å². The molecular weight excluding hydrogens is 817 g/mol.